The van der Waals surface area contributed by atoms with E-state index in [2.05, 4.69) is 12.2 Å². The first-order valence-corrected chi connectivity index (χ1v) is 5.70. The van der Waals surface area contributed by atoms with E-state index >= 15 is 0 Å². The second kappa shape index (κ2) is 6.02. The summed E-state index contributed by atoms with van der Waals surface area (Å²) in [6.07, 6.45) is 5.54. The molecule has 0 heterocycles. The van der Waals surface area contributed by atoms with Crippen LogP contribution in [0.15, 0.2) is 0 Å². The van der Waals surface area contributed by atoms with E-state index in [1.165, 1.54) is 12.8 Å². The minimum atomic E-state index is -0.0761. The molecule has 0 radical (unpaired) electrons. The number of hydrogen-bond acceptors (Lipinski definition) is 3. The smallest absolute Gasteiger partial charge is 0.323 e. The molecule has 1 fully saturated rings. The summed E-state index contributed by atoms with van der Waals surface area (Å²) in [7, 11) is 0. The summed E-state index contributed by atoms with van der Waals surface area (Å²) >= 11 is 0. The predicted molar refractivity (Wildman–Crippen MR) is 56.1 cm³/mol. The fourth-order valence-electron chi connectivity index (χ4n) is 1.45. The average molecular weight is 199 g/mol. The highest BCUT2D eigenvalue weighted by atomic mass is 16.5. The molecule has 1 saturated carbocycles. The molecule has 1 unspecified atom stereocenters. The fraction of sp³-hybridized carbons (Fsp3) is 0.909. The fourth-order valence-corrected chi connectivity index (χ4v) is 1.45. The van der Waals surface area contributed by atoms with E-state index in [0.29, 0.717) is 12.6 Å². The molecular formula is C11H21NO2. The van der Waals surface area contributed by atoms with Gasteiger partial charge in [-0.25, -0.2) is 0 Å². The second-order valence-corrected chi connectivity index (χ2v) is 3.89. The van der Waals surface area contributed by atoms with Gasteiger partial charge in [0.1, 0.15) is 6.04 Å². The van der Waals surface area contributed by atoms with Gasteiger partial charge in [0.05, 0.1) is 6.61 Å². The van der Waals surface area contributed by atoms with Crippen LogP contribution in [0.1, 0.15) is 46.0 Å². The third-order valence-corrected chi connectivity index (χ3v) is 2.43. The molecule has 1 aliphatic carbocycles. The predicted octanol–water partition coefficient (Wildman–Crippen LogP) is 1.86. The molecule has 1 rings (SSSR count). The van der Waals surface area contributed by atoms with Crippen LogP contribution in [0.2, 0.25) is 0 Å². The molecule has 0 aromatic rings. The highest BCUT2D eigenvalue weighted by molar-refractivity contribution is 5.75. The van der Waals surface area contributed by atoms with E-state index in [9.17, 15) is 4.79 Å². The van der Waals surface area contributed by atoms with Crippen LogP contribution in [0.25, 0.3) is 0 Å². The van der Waals surface area contributed by atoms with E-state index in [-0.39, 0.29) is 12.0 Å². The van der Waals surface area contributed by atoms with Gasteiger partial charge in [0.15, 0.2) is 0 Å². The van der Waals surface area contributed by atoms with Crippen molar-refractivity contribution >= 4 is 5.97 Å². The van der Waals surface area contributed by atoms with Crippen LogP contribution in [0.4, 0.5) is 0 Å². The number of carbonyl (C=O) groups excluding carboxylic acids is 1. The summed E-state index contributed by atoms with van der Waals surface area (Å²) < 4.78 is 5.03. The van der Waals surface area contributed by atoms with Gasteiger partial charge in [-0.1, -0.05) is 19.8 Å². The van der Waals surface area contributed by atoms with Gasteiger partial charge in [-0.3, -0.25) is 4.79 Å². The van der Waals surface area contributed by atoms with Crippen LogP contribution in [0.5, 0.6) is 0 Å². The van der Waals surface area contributed by atoms with Gasteiger partial charge in [-0.15, -0.1) is 0 Å². The van der Waals surface area contributed by atoms with Gasteiger partial charge in [0.25, 0.3) is 0 Å². The molecule has 14 heavy (non-hydrogen) atoms. The van der Waals surface area contributed by atoms with Crippen molar-refractivity contribution in [3.05, 3.63) is 0 Å². The van der Waals surface area contributed by atoms with Crippen LogP contribution >= 0.6 is 0 Å². The Balaban J connectivity index is 2.29. The summed E-state index contributed by atoms with van der Waals surface area (Å²) in [4.78, 5) is 11.5. The standard InChI is InChI=1S/C11H21NO2/c1-3-5-6-10(11(13)14-4-2)12-9-7-8-9/h9-10,12H,3-8H2,1-2H3. The largest absolute Gasteiger partial charge is 0.465 e. The van der Waals surface area contributed by atoms with Crippen molar-refractivity contribution < 1.29 is 9.53 Å². The Bertz CT molecular complexity index is 178. The van der Waals surface area contributed by atoms with Crippen LogP contribution in [0, 0.1) is 0 Å². The first kappa shape index (κ1) is 11.5. The van der Waals surface area contributed by atoms with Crippen LogP contribution < -0.4 is 5.32 Å². The maximum atomic E-state index is 11.5. The molecule has 0 aromatic heterocycles. The lowest BCUT2D eigenvalue weighted by Gasteiger charge is -2.16. The quantitative estimate of drug-likeness (QED) is 0.636. The Hall–Kier alpha value is -0.570. The van der Waals surface area contributed by atoms with Crippen LogP contribution in [-0.2, 0) is 9.53 Å². The summed E-state index contributed by atoms with van der Waals surface area (Å²) in [5.41, 5.74) is 0. The molecule has 1 atom stereocenters. The van der Waals surface area contributed by atoms with Gasteiger partial charge in [-0.2, -0.15) is 0 Å². The first-order valence-electron chi connectivity index (χ1n) is 5.70. The Kier molecular flexibility index (Phi) is 4.94. The highest BCUT2D eigenvalue weighted by Crippen LogP contribution is 2.20. The minimum absolute atomic E-state index is 0.0672. The maximum absolute atomic E-state index is 11.5. The zero-order valence-corrected chi connectivity index (χ0v) is 9.21. The zero-order chi connectivity index (χ0) is 10.4. The van der Waals surface area contributed by atoms with Crippen molar-refractivity contribution in [3.8, 4) is 0 Å². The zero-order valence-electron chi connectivity index (χ0n) is 9.21. The lowest BCUT2D eigenvalue weighted by Crippen LogP contribution is -2.39. The van der Waals surface area contributed by atoms with E-state index in [1.807, 2.05) is 6.92 Å². The summed E-state index contributed by atoms with van der Waals surface area (Å²) in [5.74, 6) is -0.0761. The number of carbonyl (C=O) groups is 1. The molecular weight excluding hydrogens is 178 g/mol. The van der Waals surface area contributed by atoms with Crippen molar-refractivity contribution in [2.45, 2.75) is 58.0 Å². The summed E-state index contributed by atoms with van der Waals surface area (Å²) in [5, 5.41) is 3.34. The topological polar surface area (TPSA) is 38.3 Å². The number of ether oxygens (including phenoxy) is 1. The molecule has 0 aliphatic heterocycles. The Labute approximate surface area is 86.2 Å². The number of hydrogen-bond donors (Lipinski definition) is 1. The van der Waals surface area contributed by atoms with E-state index in [0.717, 1.165) is 19.3 Å². The maximum Gasteiger partial charge on any atom is 0.323 e. The number of unbranched alkanes of at least 4 members (excludes halogenated alkanes) is 1. The van der Waals surface area contributed by atoms with Gasteiger partial charge >= 0.3 is 5.97 Å². The van der Waals surface area contributed by atoms with E-state index < -0.39 is 0 Å². The Morgan fingerprint density at radius 3 is 2.71 bits per heavy atom. The lowest BCUT2D eigenvalue weighted by molar-refractivity contribution is -0.145. The Morgan fingerprint density at radius 2 is 2.21 bits per heavy atom. The normalized spacial score (nSPS) is 17.9. The van der Waals surface area contributed by atoms with E-state index in [1.54, 1.807) is 0 Å². The van der Waals surface area contributed by atoms with Crippen molar-refractivity contribution in [1.29, 1.82) is 0 Å². The molecule has 0 amide bonds. The van der Waals surface area contributed by atoms with Crippen molar-refractivity contribution in [1.82, 2.24) is 5.32 Å². The monoisotopic (exact) mass is 199 g/mol. The van der Waals surface area contributed by atoms with Gasteiger partial charge in [-0.05, 0) is 26.2 Å². The van der Waals surface area contributed by atoms with Gasteiger partial charge in [0, 0.05) is 6.04 Å². The third kappa shape index (κ3) is 4.09. The van der Waals surface area contributed by atoms with Crippen LogP contribution in [0.3, 0.4) is 0 Å². The molecule has 82 valence electrons. The highest BCUT2D eigenvalue weighted by Gasteiger charge is 2.28. The molecule has 0 aromatic carbocycles. The molecule has 3 heteroatoms. The number of rotatable bonds is 7. The second-order valence-electron chi connectivity index (χ2n) is 3.89. The number of nitrogens with one attached hydrogen (secondary N) is 1. The average Bonchev–Trinajstić information content (AvgIpc) is 2.96. The molecule has 1 N–H and O–H groups in total. The van der Waals surface area contributed by atoms with Gasteiger partial charge in [0.2, 0.25) is 0 Å². The first-order chi connectivity index (χ1) is 6.77. The van der Waals surface area contributed by atoms with Crippen LogP contribution in [-0.4, -0.2) is 24.7 Å². The molecule has 0 saturated heterocycles. The molecule has 0 bridgehead atoms. The third-order valence-electron chi connectivity index (χ3n) is 2.43. The van der Waals surface area contributed by atoms with Gasteiger partial charge < -0.3 is 10.1 Å². The SMILES string of the molecule is CCCCC(NC1CC1)C(=O)OCC. The van der Waals surface area contributed by atoms with E-state index in [4.69, 9.17) is 4.74 Å². The lowest BCUT2D eigenvalue weighted by atomic mass is 10.1. The molecule has 1 aliphatic rings. The molecule has 3 nitrogen and oxygen atoms in total. The van der Waals surface area contributed by atoms with Crippen molar-refractivity contribution in [2.75, 3.05) is 6.61 Å². The van der Waals surface area contributed by atoms with Crippen molar-refractivity contribution in [3.63, 3.8) is 0 Å². The minimum Gasteiger partial charge on any atom is -0.465 e. The summed E-state index contributed by atoms with van der Waals surface area (Å²) in [6.45, 7) is 4.47. The summed E-state index contributed by atoms with van der Waals surface area (Å²) in [6, 6.07) is 0.503. The van der Waals surface area contributed by atoms with Crippen molar-refractivity contribution in [2.24, 2.45) is 0 Å². The Morgan fingerprint density at radius 1 is 1.50 bits per heavy atom. The molecule has 0 spiro atoms. The number of esters is 1.